The third kappa shape index (κ3) is 4.93. The van der Waals surface area contributed by atoms with Gasteiger partial charge in [-0.25, -0.2) is 8.42 Å². The highest BCUT2D eigenvalue weighted by Crippen LogP contribution is 2.39. The maximum atomic E-state index is 13.8. The first-order valence-corrected chi connectivity index (χ1v) is 14.1. The summed E-state index contributed by atoms with van der Waals surface area (Å²) in [7, 11) is -4.06. The average Bonchev–Trinajstić information content (AvgIpc) is 3.35. The first-order chi connectivity index (χ1) is 17.1. The molecule has 1 aromatic heterocycles. The Balaban J connectivity index is 1.68. The van der Waals surface area contributed by atoms with Crippen LogP contribution in [0.4, 0.5) is 5.69 Å². The maximum Gasteiger partial charge on any atom is 0.269 e. The number of hydrogen-bond acceptors (Lipinski definition) is 6. The third-order valence-corrected chi connectivity index (χ3v) is 9.77. The fourth-order valence-electron chi connectivity index (χ4n) is 4.59. The Morgan fingerprint density at radius 2 is 1.86 bits per heavy atom. The van der Waals surface area contributed by atoms with E-state index in [2.05, 4.69) is 6.07 Å². The molecule has 3 aromatic rings. The molecule has 190 valence electrons. The summed E-state index contributed by atoms with van der Waals surface area (Å²) in [6.07, 6.45) is 1.23. The van der Waals surface area contributed by atoms with Crippen LogP contribution in [0.15, 0.2) is 64.9 Å². The number of amides is 1. The second-order valence-electron chi connectivity index (χ2n) is 8.95. The molecule has 2 heterocycles. The lowest BCUT2D eigenvalue weighted by atomic mass is 9.90. The minimum Gasteiger partial charge on any atom is -0.330 e. The molecule has 0 bridgehead atoms. The van der Waals surface area contributed by atoms with Crippen LogP contribution in [0.3, 0.4) is 0 Å². The van der Waals surface area contributed by atoms with Crippen molar-refractivity contribution in [2.75, 3.05) is 13.1 Å². The number of non-ortho nitro benzene ring substituents is 1. The molecule has 2 aromatic carbocycles. The first-order valence-electron chi connectivity index (χ1n) is 11.8. The van der Waals surface area contributed by atoms with Gasteiger partial charge in [-0.1, -0.05) is 31.2 Å². The molecule has 0 N–H and O–H groups in total. The van der Waals surface area contributed by atoms with Gasteiger partial charge in [0.05, 0.1) is 22.4 Å². The summed E-state index contributed by atoms with van der Waals surface area (Å²) in [5.41, 5.74) is 2.98. The molecule has 4 rings (SSSR count). The molecule has 0 saturated carbocycles. The minimum absolute atomic E-state index is 0.0737. The molecule has 0 saturated heterocycles. The van der Waals surface area contributed by atoms with Crippen molar-refractivity contribution in [2.24, 2.45) is 0 Å². The number of carbonyl (C=O) groups is 1. The summed E-state index contributed by atoms with van der Waals surface area (Å²) in [6, 6.07) is 14.1. The molecule has 0 radical (unpaired) electrons. The Morgan fingerprint density at radius 1 is 1.17 bits per heavy atom. The van der Waals surface area contributed by atoms with Crippen LogP contribution >= 0.6 is 11.3 Å². The zero-order chi connectivity index (χ0) is 26.0. The van der Waals surface area contributed by atoms with Crippen LogP contribution in [0.1, 0.15) is 47.9 Å². The van der Waals surface area contributed by atoms with Gasteiger partial charge in [-0.3, -0.25) is 14.9 Å². The van der Waals surface area contributed by atoms with Crippen molar-refractivity contribution in [3.8, 4) is 0 Å². The molecule has 8 nitrogen and oxygen atoms in total. The highest BCUT2D eigenvalue weighted by atomic mass is 32.2. The Labute approximate surface area is 215 Å². The van der Waals surface area contributed by atoms with Crippen molar-refractivity contribution in [2.45, 2.75) is 50.6 Å². The summed E-state index contributed by atoms with van der Waals surface area (Å²) in [5.74, 6) is -0.272. The highest BCUT2D eigenvalue weighted by Gasteiger charge is 2.37. The molecular formula is C26H29N3O5S2. The van der Waals surface area contributed by atoms with E-state index in [9.17, 15) is 23.3 Å². The number of fused-ring (bicyclic) bond motifs is 1. The van der Waals surface area contributed by atoms with E-state index in [1.165, 1.54) is 33.4 Å². The lowest BCUT2D eigenvalue weighted by molar-refractivity contribution is -0.384. The molecular weight excluding hydrogens is 498 g/mol. The average molecular weight is 528 g/mol. The third-order valence-electron chi connectivity index (χ3n) is 6.80. The highest BCUT2D eigenvalue weighted by molar-refractivity contribution is 7.89. The number of rotatable bonds is 8. The van der Waals surface area contributed by atoms with E-state index < -0.39 is 21.0 Å². The summed E-state index contributed by atoms with van der Waals surface area (Å²) >= 11 is 1.68. The zero-order valence-corrected chi connectivity index (χ0v) is 22.1. The summed E-state index contributed by atoms with van der Waals surface area (Å²) in [6.45, 7) is 5.83. The zero-order valence-electron chi connectivity index (χ0n) is 20.5. The largest absolute Gasteiger partial charge is 0.330 e. The molecule has 2 unspecified atom stereocenters. The van der Waals surface area contributed by atoms with Gasteiger partial charge in [0.1, 0.15) is 0 Å². The van der Waals surface area contributed by atoms with Crippen LogP contribution in [0.2, 0.25) is 0 Å². The minimum atomic E-state index is -4.06. The van der Waals surface area contributed by atoms with Gasteiger partial charge in [0, 0.05) is 29.6 Å². The van der Waals surface area contributed by atoms with Crippen LogP contribution < -0.4 is 0 Å². The number of nitro groups is 1. The number of sulfonamides is 1. The van der Waals surface area contributed by atoms with Crippen molar-refractivity contribution in [3.63, 3.8) is 0 Å². The van der Waals surface area contributed by atoms with Gasteiger partial charge in [0.15, 0.2) is 0 Å². The predicted molar refractivity (Wildman–Crippen MR) is 139 cm³/mol. The van der Waals surface area contributed by atoms with E-state index in [1.54, 1.807) is 23.2 Å². The molecule has 0 aliphatic carbocycles. The van der Waals surface area contributed by atoms with Gasteiger partial charge in [0.2, 0.25) is 15.9 Å². The lowest BCUT2D eigenvalue weighted by Gasteiger charge is -2.38. The first kappa shape index (κ1) is 26.0. The molecule has 1 aliphatic heterocycles. The van der Waals surface area contributed by atoms with Crippen molar-refractivity contribution >= 4 is 33.0 Å². The molecule has 1 aliphatic rings. The monoisotopic (exact) mass is 527 g/mol. The number of aryl methyl sites for hydroxylation is 1. The normalized spacial score (nSPS) is 16.6. The molecule has 1 amide bonds. The van der Waals surface area contributed by atoms with Crippen LogP contribution in [0.25, 0.3) is 0 Å². The van der Waals surface area contributed by atoms with E-state index >= 15 is 0 Å². The van der Waals surface area contributed by atoms with Crippen LogP contribution in [-0.4, -0.2) is 47.6 Å². The van der Waals surface area contributed by atoms with Crippen molar-refractivity contribution < 1.29 is 18.1 Å². The fourth-order valence-corrected chi connectivity index (χ4v) is 7.15. The standard InChI is InChI=1S/C26H29N3O5S2/c1-4-19(3)28(36(33,34)21-11-9-20(10-12-21)29(31)32)17-25(30)27-15-13-24-23(14-16-35-24)26(27)22-8-6-5-7-18(22)2/h5-12,14,16,19,26H,4,13,15,17H2,1-3H3. The van der Waals surface area contributed by atoms with E-state index in [-0.39, 0.29) is 29.1 Å². The predicted octanol–water partition coefficient (Wildman–Crippen LogP) is 4.93. The second kappa shape index (κ2) is 10.5. The van der Waals surface area contributed by atoms with Gasteiger partial charge in [-0.2, -0.15) is 4.31 Å². The number of nitro benzene ring substituents is 1. The van der Waals surface area contributed by atoms with Gasteiger partial charge in [-0.05, 0) is 67.0 Å². The SMILES string of the molecule is CCC(C)N(CC(=O)N1CCc2sccc2C1c1ccccc1C)S(=O)(=O)c1ccc([N+](=O)[O-])cc1. The molecule has 36 heavy (non-hydrogen) atoms. The Morgan fingerprint density at radius 3 is 2.50 bits per heavy atom. The molecule has 2 atom stereocenters. The smallest absolute Gasteiger partial charge is 0.269 e. The fraction of sp³-hybridized carbons (Fsp3) is 0.346. The number of benzene rings is 2. The van der Waals surface area contributed by atoms with Crippen LogP contribution in [-0.2, 0) is 21.2 Å². The van der Waals surface area contributed by atoms with E-state index in [0.29, 0.717) is 13.0 Å². The van der Waals surface area contributed by atoms with E-state index in [0.717, 1.165) is 23.1 Å². The quantitative estimate of drug-likeness (QED) is 0.305. The van der Waals surface area contributed by atoms with Crippen LogP contribution in [0.5, 0.6) is 0 Å². The van der Waals surface area contributed by atoms with Crippen molar-refractivity contribution in [1.29, 1.82) is 0 Å². The number of nitrogens with zero attached hydrogens (tertiary/aromatic N) is 3. The van der Waals surface area contributed by atoms with Gasteiger partial charge < -0.3 is 4.90 Å². The number of thiophene rings is 1. The van der Waals surface area contributed by atoms with Gasteiger partial charge >= 0.3 is 0 Å². The molecule has 10 heteroatoms. The Kier molecular flexibility index (Phi) is 7.58. The number of carbonyl (C=O) groups excluding carboxylic acids is 1. The maximum absolute atomic E-state index is 13.8. The Bertz CT molecular complexity index is 1370. The van der Waals surface area contributed by atoms with Crippen molar-refractivity contribution in [3.05, 3.63) is 91.7 Å². The van der Waals surface area contributed by atoms with E-state index in [1.807, 2.05) is 43.5 Å². The topological polar surface area (TPSA) is 101 Å². The van der Waals surface area contributed by atoms with Crippen molar-refractivity contribution in [1.82, 2.24) is 9.21 Å². The number of hydrogen-bond donors (Lipinski definition) is 0. The molecule has 0 spiro atoms. The summed E-state index contributed by atoms with van der Waals surface area (Å²) in [4.78, 5) is 27.2. The van der Waals surface area contributed by atoms with E-state index in [4.69, 9.17) is 0 Å². The summed E-state index contributed by atoms with van der Waals surface area (Å²) < 4.78 is 28.4. The lowest BCUT2D eigenvalue weighted by Crippen LogP contribution is -2.49. The Hall–Kier alpha value is -3.08. The van der Waals surface area contributed by atoms with Gasteiger partial charge in [0.25, 0.3) is 5.69 Å². The summed E-state index contributed by atoms with van der Waals surface area (Å²) in [5, 5.41) is 13.0. The van der Waals surface area contributed by atoms with Gasteiger partial charge in [-0.15, -0.1) is 11.3 Å². The second-order valence-corrected chi connectivity index (χ2v) is 11.8. The molecule has 0 fully saturated rings. The van der Waals surface area contributed by atoms with Crippen LogP contribution in [0, 0.1) is 17.0 Å².